The molecule has 22 heavy (non-hydrogen) atoms. The summed E-state index contributed by atoms with van der Waals surface area (Å²) < 4.78 is 50.9. The summed E-state index contributed by atoms with van der Waals surface area (Å²) in [7, 11) is 0. The van der Waals surface area contributed by atoms with E-state index in [1.54, 1.807) is 6.92 Å². The molecule has 0 aliphatic rings. The van der Waals surface area contributed by atoms with Gasteiger partial charge in [0.1, 0.15) is 5.82 Å². The van der Waals surface area contributed by atoms with Gasteiger partial charge in [0.15, 0.2) is 0 Å². The number of thioether (sulfide) groups is 1. The molecule has 1 nitrogen and oxygen atoms in total. The minimum Gasteiger partial charge on any atom is -0.399 e. The minimum atomic E-state index is -4.52. The van der Waals surface area contributed by atoms with E-state index < -0.39 is 28.0 Å². The number of anilines is 1. The summed E-state index contributed by atoms with van der Waals surface area (Å²) in [5.74, 6) is -0.877. The van der Waals surface area contributed by atoms with Crippen LogP contribution in [0.25, 0.3) is 10.8 Å². The number of rotatable bonds is 1. The summed E-state index contributed by atoms with van der Waals surface area (Å²) in [6.45, 7) is 9.61. The molecule has 0 radical (unpaired) electrons. The highest BCUT2D eigenvalue weighted by atomic mass is 32.2. The fourth-order valence-corrected chi connectivity index (χ4v) is 2.64. The van der Waals surface area contributed by atoms with E-state index in [2.05, 4.69) is 0 Å². The van der Waals surface area contributed by atoms with Crippen LogP contribution in [0.1, 0.15) is 33.3 Å². The Balaban J connectivity index is 0.00000102. The fourth-order valence-electron chi connectivity index (χ4n) is 1.86. The third-order valence-electron chi connectivity index (χ3n) is 2.46. The summed E-state index contributed by atoms with van der Waals surface area (Å²) in [5.41, 5.74) is 2.06. The van der Waals surface area contributed by atoms with Crippen LogP contribution >= 0.6 is 11.8 Å². The number of hydrogen-bond donors (Lipinski definition) is 1. The Kier molecular flexibility index (Phi) is 8.30. The van der Waals surface area contributed by atoms with Gasteiger partial charge >= 0.3 is 5.51 Å². The van der Waals surface area contributed by atoms with Crippen molar-refractivity contribution in [3.63, 3.8) is 0 Å². The number of halogens is 4. The standard InChI is InChI=1S/C12H9F4NS.2C2H6/c1-6-4-8(17)5-7-2-3-9(13)11(10(6)7)18-12(14,15)16;2*1-2/h2-5H,17H2,1H3;2*1-2H3. The molecule has 0 saturated heterocycles. The van der Waals surface area contributed by atoms with Gasteiger partial charge in [-0.15, -0.1) is 0 Å². The highest BCUT2D eigenvalue weighted by molar-refractivity contribution is 8.00. The van der Waals surface area contributed by atoms with Gasteiger partial charge in [0, 0.05) is 11.1 Å². The monoisotopic (exact) mass is 335 g/mol. The number of hydrogen-bond acceptors (Lipinski definition) is 2. The number of nitrogen functional groups attached to an aromatic ring is 1. The fraction of sp³-hybridized carbons (Fsp3) is 0.375. The summed E-state index contributed by atoms with van der Waals surface area (Å²) in [6.07, 6.45) is 0. The van der Waals surface area contributed by atoms with Crippen molar-refractivity contribution in [3.8, 4) is 0 Å². The number of benzene rings is 2. The molecule has 0 amide bonds. The van der Waals surface area contributed by atoms with Gasteiger partial charge in [-0.05, 0) is 47.8 Å². The molecular formula is C16H21F4NS. The van der Waals surface area contributed by atoms with Crippen LogP contribution in [0.3, 0.4) is 0 Å². The quantitative estimate of drug-likeness (QED) is 0.364. The van der Waals surface area contributed by atoms with E-state index in [-0.39, 0.29) is 5.39 Å². The maximum atomic E-state index is 13.6. The molecule has 0 spiro atoms. The molecule has 0 aliphatic carbocycles. The third-order valence-corrected chi connectivity index (χ3v) is 3.29. The van der Waals surface area contributed by atoms with Gasteiger partial charge in [0.05, 0.1) is 4.90 Å². The van der Waals surface area contributed by atoms with Gasteiger partial charge in [0.2, 0.25) is 0 Å². The second-order valence-corrected chi connectivity index (χ2v) is 4.94. The summed E-state index contributed by atoms with van der Waals surface area (Å²) in [4.78, 5) is -0.405. The molecule has 0 bridgehead atoms. The van der Waals surface area contributed by atoms with Crippen molar-refractivity contribution in [2.24, 2.45) is 0 Å². The van der Waals surface area contributed by atoms with E-state index >= 15 is 0 Å². The van der Waals surface area contributed by atoms with E-state index in [0.717, 1.165) is 6.07 Å². The summed E-state index contributed by atoms with van der Waals surface area (Å²) in [5, 5.41) is 0.757. The summed E-state index contributed by atoms with van der Waals surface area (Å²) >= 11 is -0.439. The molecule has 0 saturated carbocycles. The number of nitrogens with two attached hydrogens (primary N) is 1. The third kappa shape index (κ3) is 5.40. The van der Waals surface area contributed by atoms with E-state index in [4.69, 9.17) is 5.73 Å². The highest BCUT2D eigenvalue weighted by Crippen LogP contribution is 2.42. The molecule has 6 heteroatoms. The van der Waals surface area contributed by atoms with Crippen LogP contribution in [-0.2, 0) is 0 Å². The first-order valence-electron chi connectivity index (χ1n) is 7.02. The minimum absolute atomic E-state index is 0.256. The number of aryl methyl sites for hydroxylation is 1. The van der Waals surface area contributed by atoms with Crippen LogP contribution in [0, 0.1) is 12.7 Å². The Labute approximate surface area is 132 Å². The Morgan fingerprint density at radius 2 is 1.55 bits per heavy atom. The Bertz CT molecular complexity index is 609. The van der Waals surface area contributed by atoms with Crippen LogP contribution in [-0.4, -0.2) is 5.51 Å². The van der Waals surface area contributed by atoms with Crippen LogP contribution in [0.4, 0.5) is 23.2 Å². The average Bonchev–Trinajstić information content (AvgIpc) is 2.45. The Morgan fingerprint density at radius 1 is 1.00 bits per heavy atom. The van der Waals surface area contributed by atoms with Crippen molar-refractivity contribution in [2.45, 2.75) is 45.0 Å². The maximum absolute atomic E-state index is 13.6. The second kappa shape index (κ2) is 8.88. The normalized spacial score (nSPS) is 10.4. The lowest BCUT2D eigenvalue weighted by Gasteiger charge is -2.12. The highest BCUT2D eigenvalue weighted by Gasteiger charge is 2.32. The topological polar surface area (TPSA) is 26.0 Å². The smallest absolute Gasteiger partial charge is 0.399 e. The molecule has 0 heterocycles. The molecule has 0 fully saturated rings. The van der Waals surface area contributed by atoms with E-state index in [1.807, 2.05) is 27.7 Å². The molecular weight excluding hydrogens is 314 g/mol. The van der Waals surface area contributed by atoms with Crippen molar-refractivity contribution >= 4 is 28.2 Å². The van der Waals surface area contributed by atoms with Crippen LogP contribution in [0.15, 0.2) is 29.2 Å². The first-order chi connectivity index (χ1) is 10.3. The first kappa shape index (κ1) is 20.6. The van der Waals surface area contributed by atoms with Gasteiger partial charge in [-0.3, -0.25) is 0 Å². The number of alkyl halides is 3. The second-order valence-electron chi connectivity index (χ2n) is 3.86. The first-order valence-corrected chi connectivity index (χ1v) is 7.83. The van der Waals surface area contributed by atoms with E-state index in [9.17, 15) is 17.6 Å². The molecule has 0 unspecified atom stereocenters. The molecule has 0 aliphatic heterocycles. The average molecular weight is 335 g/mol. The largest absolute Gasteiger partial charge is 0.446 e. The molecule has 2 rings (SSSR count). The Hall–Kier alpha value is -1.43. The predicted octanol–water partition coefficient (Wildman–Crippen LogP) is 6.53. The van der Waals surface area contributed by atoms with Crippen molar-refractivity contribution in [1.82, 2.24) is 0 Å². The van der Waals surface area contributed by atoms with Crippen molar-refractivity contribution < 1.29 is 17.6 Å². The van der Waals surface area contributed by atoms with Gasteiger partial charge in [0.25, 0.3) is 0 Å². The van der Waals surface area contributed by atoms with Gasteiger partial charge in [-0.2, -0.15) is 13.2 Å². The SMILES string of the molecule is CC.CC.Cc1cc(N)cc2ccc(F)c(SC(F)(F)F)c12. The van der Waals surface area contributed by atoms with Crippen molar-refractivity contribution in [1.29, 1.82) is 0 Å². The van der Waals surface area contributed by atoms with Crippen molar-refractivity contribution in [3.05, 3.63) is 35.6 Å². The lowest BCUT2D eigenvalue weighted by molar-refractivity contribution is -0.0328. The molecule has 0 aromatic heterocycles. The molecule has 2 aromatic rings. The zero-order valence-corrected chi connectivity index (χ0v) is 14.1. The zero-order chi connectivity index (χ0) is 17.5. The van der Waals surface area contributed by atoms with E-state index in [0.29, 0.717) is 16.6 Å². The van der Waals surface area contributed by atoms with Crippen molar-refractivity contribution in [2.75, 3.05) is 5.73 Å². The number of fused-ring (bicyclic) bond motifs is 1. The van der Waals surface area contributed by atoms with Gasteiger partial charge in [-0.25, -0.2) is 4.39 Å². The van der Waals surface area contributed by atoms with Crippen LogP contribution in [0.5, 0.6) is 0 Å². The lowest BCUT2D eigenvalue weighted by atomic mass is 10.0. The van der Waals surface area contributed by atoms with Crippen LogP contribution < -0.4 is 5.73 Å². The molecule has 2 N–H and O–H groups in total. The molecule has 124 valence electrons. The maximum Gasteiger partial charge on any atom is 0.446 e. The molecule has 2 aromatic carbocycles. The van der Waals surface area contributed by atoms with Gasteiger partial charge < -0.3 is 5.73 Å². The van der Waals surface area contributed by atoms with Crippen LogP contribution in [0.2, 0.25) is 0 Å². The Morgan fingerprint density at radius 3 is 2.05 bits per heavy atom. The molecule has 0 atom stereocenters. The van der Waals surface area contributed by atoms with Gasteiger partial charge in [-0.1, -0.05) is 33.8 Å². The zero-order valence-electron chi connectivity index (χ0n) is 13.3. The summed E-state index contributed by atoms with van der Waals surface area (Å²) in [6, 6.07) is 5.51. The lowest BCUT2D eigenvalue weighted by Crippen LogP contribution is -2.01. The predicted molar refractivity (Wildman–Crippen MR) is 87.7 cm³/mol. The van der Waals surface area contributed by atoms with E-state index in [1.165, 1.54) is 18.2 Å².